The van der Waals surface area contributed by atoms with Crippen molar-refractivity contribution in [1.82, 2.24) is 20.1 Å². The molecular formula is C34H36N4O3. The van der Waals surface area contributed by atoms with E-state index in [2.05, 4.69) is 22.6 Å². The van der Waals surface area contributed by atoms with Crippen LogP contribution in [0.5, 0.6) is 0 Å². The molecule has 1 aliphatic heterocycles. The number of pyridine rings is 1. The first-order valence-electron chi connectivity index (χ1n) is 14.5. The highest BCUT2D eigenvalue weighted by atomic mass is 16.2. The molecule has 1 aromatic heterocycles. The van der Waals surface area contributed by atoms with E-state index in [9.17, 15) is 14.4 Å². The first kappa shape index (κ1) is 27.0. The zero-order chi connectivity index (χ0) is 28.5. The van der Waals surface area contributed by atoms with Crippen LogP contribution in [0.15, 0.2) is 77.7 Å². The van der Waals surface area contributed by atoms with Gasteiger partial charge in [0.15, 0.2) is 0 Å². The highest BCUT2D eigenvalue weighted by Gasteiger charge is 2.25. The van der Waals surface area contributed by atoms with Gasteiger partial charge in [-0.05, 0) is 99.3 Å². The van der Waals surface area contributed by atoms with Crippen molar-refractivity contribution in [3.63, 3.8) is 0 Å². The number of rotatable bonds is 7. The molecule has 2 fully saturated rings. The maximum atomic E-state index is 13.8. The lowest BCUT2D eigenvalue weighted by molar-refractivity contribution is 0.0916. The van der Waals surface area contributed by atoms with E-state index in [0.717, 1.165) is 61.0 Å². The van der Waals surface area contributed by atoms with Crippen molar-refractivity contribution in [2.75, 3.05) is 20.1 Å². The maximum Gasteiger partial charge on any atom is 0.258 e. The first-order valence-corrected chi connectivity index (χ1v) is 14.5. The minimum atomic E-state index is -0.169. The number of aryl methyl sites for hydroxylation is 1. The summed E-state index contributed by atoms with van der Waals surface area (Å²) in [5.74, 6) is -0.241. The Morgan fingerprint density at radius 2 is 1.54 bits per heavy atom. The van der Waals surface area contributed by atoms with E-state index < -0.39 is 0 Å². The summed E-state index contributed by atoms with van der Waals surface area (Å²) in [6, 6.07) is 21.5. The van der Waals surface area contributed by atoms with Gasteiger partial charge in [-0.2, -0.15) is 0 Å². The summed E-state index contributed by atoms with van der Waals surface area (Å²) in [7, 11) is 2.10. The minimum absolute atomic E-state index is 0.0727. The summed E-state index contributed by atoms with van der Waals surface area (Å²) in [5, 5.41) is 7.42. The molecule has 2 aliphatic rings. The Morgan fingerprint density at radius 3 is 2.27 bits per heavy atom. The smallest absolute Gasteiger partial charge is 0.258 e. The fraction of sp³-hybridized carbons (Fsp3) is 0.324. The SMILES string of the molecule is Cc1ccc(C(=O)NC2CC2)cc1-c1ccc2c(=O)n(Cc3ccccc3)cc(C(=O)NC3CCN(C)CC3)c2c1. The third-order valence-electron chi connectivity index (χ3n) is 8.30. The second-order valence-corrected chi connectivity index (χ2v) is 11.6. The molecule has 210 valence electrons. The van der Waals surface area contributed by atoms with Gasteiger partial charge in [0, 0.05) is 34.6 Å². The summed E-state index contributed by atoms with van der Waals surface area (Å²) in [5.41, 5.74) is 4.73. The number of nitrogens with one attached hydrogen (secondary N) is 2. The zero-order valence-corrected chi connectivity index (χ0v) is 23.7. The van der Waals surface area contributed by atoms with E-state index in [1.165, 1.54) is 0 Å². The maximum absolute atomic E-state index is 13.8. The van der Waals surface area contributed by atoms with Gasteiger partial charge in [-0.15, -0.1) is 0 Å². The predicted molar refractivity (Wildman–Crippen MR) is 162 cm³/mol. The number of benzene rings is 3. The Bertz CT molecular complexity index is 1670. The Balaban J connectivity index is 1.42. The van der Waals surface area contributed by atoms with E-state index in [1.54, 1.807) is 10.8 Å². The fourth-order valence-corrected chi connectivity index (χ4v) is 5.63. The summed E-state index contributed by atoms with van der Waals surface area (Å²) < 4.78 is 1.63. The van der Waals surface area contributed by atoms with Gasteiger partial charge in [0.2, 0.25) is 0 Å². The van der Waals surface area contributed by atoms with Crippen LogP contribution < -0.4 is 16.2 Å². The number of aromatic nitrogens is 1. The molecule has 1 saturated carbocycles. The standard InChI is InChI=1S/C34H36N4O3/c1-22-8-9-25(32(39)35-26-11-12-26)19-29(22)24-10-13-28-30(18-24)31(33(40)36-27-14-16-37(2)17-15-27)21-38(34(28)41)20-23-6-4-3-5-7-23/h3-10,13,18-19,21,26-27H,11-12,14-17,20H2,1-2H3,(H,35,39)(H,36,40). The third kappa shape index (κ3) is 5.95. The number of hydrogen-bond donors (Lipinski definition) is 2. The van der Waals surface area contributed by atoms with Crippen molar-refractivity contribution >= 4 is 22.6 Å². The molecule has 0 unspecified atom stereocenters. The van der Waals surface area contributed by atoms with Gasteiger partial charge < -0.3 is 20.1 Å². The van der Waals surface area contributed by atoms with E-state index in [1.807, 2.05) is 73.7 Å². The highest BCUT2D eigenvalue weighted by molar-refractivity contribution is 6.08. The predicted octanol–water partition coefficient (Wildman–Crippen LogP) is 4.74. The van der Waals surface area contributed by atoms with Crippen molar-refractivity contribution < 1.29 is 9.59 Å². The second-order valence-electron chi connectivity index (χ2n) is 11.6. The lowest BCUT2D eigenvalue weighted by Crippen LogP contribution is -2.43. The van der Waals surface area contributed by atoms with E-state index >= 15 is 0 Å². The Hall–Kier alpha value is -4.23. The van der Waals surface area contributed by atoms with Gasteiger partial charge in [-0.25, -0.2) is 0 Å². The number of nitrogens with zero attached hydrogens (tertiary/aromatic N) is 2. The van der Waals surface area contributed by atoms with Crippen molar-refractivity contribution in [3.05, 3.63) is 106 Å². The quantitative estimate of drug-likeness (QED) is 0.350. The average Bonchev–Trinajstić information content (AvgIpc) is 3.80. The minimum Gasteiger partial charge on any atom is -0.349 e. The number of carbonyl (C=O) groups is 2. The van der Waals surface area contributed by atoms with Gasteiger partial charge in [0.25, 0.3) is 17.4 Å². The lowest BCUT2D eigenvalue weighted by Gasteiger charge is -2.29. The molecule has 7 nitrogen and oxygen atoms in total. The van der Waals surface area contributed by atoms with Crippen LogP contribution in [0.2, 0.25) is 0 Å². The monoisotopic (exact) mass is 548 g/mol. The number of amides is 2. The van der Waals surface area contributed by atoms with Gasteiger partial charge in [0.1, 0.15) is 0 Å². The normalized spacial score (nSPS) is 16.0. The summed E-state index contributed by atoms with van der Waals surface area (Å²) in [6.45, 7) is 4.26. The van der Waals surface area contributed by atoms with Crippen molar-refractivity contribution in [2.24, 2.45) is 0 Å². The topological polar surface area (TPSA) is 83.4 Å². The molecule has 2 amide bonds. The van der Waals surface area contributed by atoms with Crippen LogP contribution in [0.1, 0.15) is 57.5 Å². The number of hydrogen-bond acceptors (Lipinski definition) is 4. The Morgan fingerprint density at radius 1 is 0.829 bits per heavy atom. The molecular weight excluding hydrogens is 512 g/mol. The fourth-order valence-electron chi connectivity index (χ4n) is 5.63. The summed E-state index contributed by atoms with van der Waals surface area (Å²) in [4.78, 5) is 42.5. The van der Waals surface area contributed by atoms with Gasteiger partial charge >= 0.3 is 0 Å². The molecule has 3 aromatic carbocycles. The molecule has 2 N–H and O–H groups in total. The van der Waals surface area contributed by atoms with Crippen LogP contribution in [0.3, 0.4) is 0 Å². The number of piperidine rings is 1. The van der Waals surface area contributed by atoms with Crippen LogP contribution in [0, 0.1) is 6.92 Å². The number of likely N-dealkylation sites (tertiary alicyclic amines) is 1. The molecule has 1 saturated heterocycles. The lowest BCUT2D eigenvalue weighted by atomic mass is 9.94. The van der Waals surface area contributed by atoms with Crippen LogP contribution in [0.25, 0.3) is 21.9 Å². The Labute approximate surface area is 240 Å². The molecule has 1 aliphatic carbocycles. The van der Waals surface area contributed by atoms with Crippen molar-refractivity contribution in [1.29, 1.82) is 0 Å². The molecule has 0 radical (unpaired) electrons. The number of fused-ring (bicyclic) bond motifs is 1. The number of carbonyl (C=O) groups excluding carboxylic acids is 2. The molecule has 0 spiro atoms. The van der Waals surface area contributed by atoms with Crippen LogP contribution in [-0.2, 0) is 6.54 Å². The molecule has 0 atom stereocenters. The van der Waals surface area contributed by atoms with Crippen molar-refractivity contribution in [3.8, 4) is 11.1 Å². The molecule has 4 aromatic rings. The van der Waals surface area contributed by atoms with Gasteiger partial charge in [-0.1, -0.05) is 42.5 Å². The summed E-state index contributed by atoms with van der Waals surface area (Å²) >= 11 is 0. The molecule has 6 rings (SSSR count). The molecule has 41 heavy (non-hydrogen) atoms. The second kappa shape index (κ2) is 11.3. The molecule has 2 heterocycles. The van der Waals surface area contributed by atoms with Crippen molar-refractivity contribution in [2.45, 2.75) is 51.2 Å². The first-order chi connectivity index (χ1) is 19.9. The molecule has 7 heteroatoms. The summed E-state index contributed by atoms with van der Waals surface area (Å²) in [6.07, 6.45) is 5.55. The molecule has 0 bridgehead atoms. The highest BCUT2D eigenvalue weighted by Crippen LogP contribution is 2.29. The van der Waals surface area contributed by atoms with E-state index in [-0.39, 0.29) is 29.5 Å². The van der Waals surface area contributed by atoms with Crippen LogP contribution in [0.4, 0.5) is 0 Å². The van der Waals surface area contributed by atoms with Gasteiger partial charge in [-0.3, -0.25) is 14.4 Å². The zero-order valence-electron chi connectivity index (χ0n) is 23.7. The van der Waals surface area contributed by atoms with E-state index in [4.69, 9.17) is 0 Å². The van der Waals surface area contributed by atoms with Gasteiger partial charge in [0.05, 0.1) is 12.1 Å². The van der Waals surface area contributed by atoms with E-state index in [0.29, 0.717) is 28.4 Å². The largest absolute Gasteiger partial charge is 0.349 e. The Kier molecular flexibility index (Phi) is 7.45. The average molecular weight is 549 g/mol. The third-order valence-corrected chi connectivity index (χ3v) is 8.30. The van der Waals surface area contributed by atoms with Crippen LogP contribution >= 0.6 is 0 Å². The van der Waals surface area contributed by atoms with Crippen LogP contribution in [-0.4, -0.2) is 53.5 Å².